The van der Waals surface area contributed by atoms with Crippen LogP contribution in [0.5, 0.6) is 0 Å². The third kappa shape index (κ3) is 0.825. The number of rotatable bonds is 0. The van der Waals surface area contributed by atoms with Gasteiger partial charge in [-0.05, 0) is 11.9 Å². The first-order valence-electron chi connectivity index (χ1n) is 1.65. The summed E-state index contributed by atoms with van der Waals surface area (Å²) in [6, 6.07) is 0. The fraction of sp³-hybridized carbons (Fsp3) is 0.333. The molecule has 3 heteroatoms. The molecule has 1 aliphatic heterocycles. The van der Waals surface area contributed by atoms with E-state index in [9.17, 15) is 0 Å². The smallest absolute Gasteiger partial charge is 0.123 e. The summed E-state index contributed by atoms with van der Waals surface area (Å²) in [5.41, 5.74) is 0. The molecule has 1 rings (SSSR count). The first-order valence-corrected chi connectivity index (χ1v) is 2.60. The van der Waals surface area contributed by atoms with Gasteiger partial charge in [0.25, 0.3) is 0 Å². The van der Waals surface area contributed by atoms with Crippen molar-refractivity contribution in [3.63, 3.8) is 0 Å². The largest absolute Gasteiger partial charge is 0.248 e. The van der Waals surface area contributed by atoms with Crippen molar-refractivity contribution in [3.05, 3.63) is 0 Å². The van der Waals surface area contributed by atoms with Gasteiger partial charge in [0, 0.05) is 6.21 Å². The monoisotopic (exact) mass is 100 g/mol. The van der Waals surface area contributed by atoms with Crippen LogP contribution in [0, 0.1) is 0 Å². The highest BCUT2D eigenvalue weighted by molar-refractivity contribution is 7.98. The molecular weight excluding hydrogens is 96.1 g/mol. The maximum Gasteiger partial charge on any atom is 0.123 e. The predicted octanol–water partition coefficient (Wildman–Crippen LogP) is 0.747. The highest BCUT2D eigenvalue weighted by Gasteiger charge is 1.80. The van der Waals surface area contributed by atoms with Crippen LogP contribution in [0.3, 0.4) is 0 Å². The zero-order chi connectivity index (χ0) is 4.24. The minimum atomic E-state index is 0.927. The van der Waals surface area contributed by atoms with Crippen LogP contribution < -0.4 is 0 Å². The zero-order valence-electron chi connectivity index (χ0n) is 3.16. The van der Waals surface area contributed by atoms with Gasteiger partial charge in [-0.25, -0.2) is 9.39 Å². The maximum absolute atomic E-state index is 3.77. The van der Waals surface area contributed by atoms with Crippen molar-refractivity contribution in [3.8, 4) is 0 Å². The molecule has 1 heterocycles. The first kappa shape index (κ1) is 3.87. The van der Waals surface area contributed by atoms with Crippen LogP contribution in [-0.2, 0) is 0 Å². The molecule has 0 bridgehead atoms. The highest BCUT2D eigenvalue weighted by atomic mass is 32.2. The lowest BCUT2D eigenvalue weighted by Gasteiger charge is -1.86. The van der Waals surface area contributed by atoms with Crippen molar-refractivity contribution in [1.29, 1.82) is 0 Å². The first-order chi connectivity index (χ1) is 3.00. The summed E-state index contributed by atoms with van der Waals surface area (Å²) in [5.74, 6) is 0.927. The number of hydrogen-bond donors (Lipinski definition) is 0. The van der Waals surface area contributed by atoms with E-state index in [0.29, 0.717) is 0 Å². The molecule has 0 amide bonds. The Balaban J connectivity index is 2.46. The third-order valence-corrected chi connectivity index (χ3v) is 0.984. The zero-order valence-corrected chi connectivity index (χ0v) is 3.98. The topological polar surface area (TPSA) is 24.7 Å². The third-order valence-electron chi connectivity index (χ3n) is 0.443. The van der Waals surface area contributed by atoms with Crippen molar-refractivity contribution in [2.24, 2.45) is 9.39 Å². The molecule has 0 N–H and O–H groups in total. The molecule has 0 aromatic heterocycles. The number of hydrogen-bond acceptors (Lipinski definition) is 3. The number of nitrogens with zero attached hydrogens (tertiary/aromatic N) is 2. The van der Waals surface area contributed by atoms with E-state index in [2.05, 4.69) is 9.39 Å². The molecule has 0 aromatic carbocycles. The van der Waals surface area contributed by atoms with Crippen LogP contribution in [-0.4, -0.2) is 18.3 Å². The SMILES string of the molecule is C1=NC=NSC1. The highest BCUT2D eigenvalue weighted by Crippen LogP contribution is 1.99. The van der Waals surface area contributed by atoms with E-state index >= 15 is 0 Å². The van der Waals surface area contributed by atoms with E-state index in [1.807, 2.05) is 6.21 Å². The van der Waals surface area contributed by atoms with Gasteiger partial charge in [0.1, 0.15) is 6.34 Å². The molecule has 0 aliphatic carbocycles. The summed E-state index contributed by atoms with van der Waals surface area (Å²) in [6.45, 7) is 0. The quantitative estimate of drug-likeness (QED) is 0.412. The second kappa shape index (κ2) is 1.97. The van der Waals surface area contributed by atoms with Crippen LogP contribution >= 0.6 is 11.9 Å². The van der Waals surface area contributed by atoms with Gasteiger partial charge in [0.15, 0.2) is 0 Å². The van der Waals surface area contributed by atoms with Crippen LogP contribution in [0.1, 0.15) is 0 Å². The Morgan fingerprint density at radius 2 is 2.67 bits per heavy atom. The molecule has 32 valence electrons. The van der Waals surface area contributed by atoms with Gasteiger partial charge >= 0.3 is 0 Å². The summed E-state index contributed by atoms with van der Waals surface area (Å²) < 4.78 is 3.77. The van der Waals surface area contributed by atoms with Gasteiger partial charge < -0.3 is 0 Å². The van der Waals surface area contributed by atoms with Crippen molar-refractivity contribution in [2.75, 3.05) is 5.75 Å². The molecule has 0 saturated heterocycles. The minimum Gasteiger partial charge on any atom is -0.248 e. The van der Waals surface area contributed by atoms with Crippen molar-refractivity contribution in [2.45, 2.75) is 0 Å². The van der Waals surface area contributed by atoms with E-state index in [-0.39, 0.29) is 0 Å². The van der Waals surface area contributed by atoms with E-state index in [4.69, 9.17) is 0 Å². The Hall–Kier alpha value is -0.310. The second-order valence-electron chi connectivity index (χ2n) is 0.848. The molecule has 0 radical (unpaired) electrons. The molecule has 0 atom stereocenters. The Bertz CT molecular complexity index is 74.8. The Morgan fingerprint density at radius 3 is 2.83 bits per heavy atom. The predicted molar refractivity (Wildman–Crippen MR) is 29.4 cm³/mol. The molecule has 0 aromatic rings. The Labute approximate surface area is 40.5 Å². The summed E-state index contributed by atoms with van der Waals surface area (Å²) in [5, 5.41) is 0. The minimum absolute atomic E-state index is 0.927. The van der Waals surface area contributed by atoms with Crippen LogP contribution in [0.4, 0.5) is 0 Å². The van der Waals surface area contributed by atoms with Gasteiger partial charge in [-0.1, -0.05) is 0 Å². The molecule has 0 spiro atoms. The van der Waals surface area contributed by atoms with Gasteiger partial charge in [0.05, 0.1) is 5.75 Å². The molecule has 0 unspecified atom stereocenters. The van der Waals surface area contributed by atoms with Gasteiger partial charge in [0.2, 0.25) is 0 Å². The summed E-state index contributed by atoms with van der Waals surface area (Å²) in [4.78, 5) is 3.74. The van der Waals surface area contributed by atoms with Crippen LogP contribution in [0.2, 0.25) is 0 Å². The van der Waals surface area contributed by atoms with Crippen LogP contribution in [0.15, 0.2) is 9.39 Å². The molecule has 6 heavy (non-hydrogen) atoms. The lowest BCUT2D eigenvalue weighted by atomic mass is 10.9. The molecule has 0 saturated carbocycles. The average Bonchev–Trinajstić information content (AvgIpc) is 1.72. The summed E-state index contributed by atoms with van der Waals surface area (Å²) >= 11 is 1.52. The normalized spacial score (nSPS) is 18.7. The second-order valence-corrected chi connectivity index (χ2v) is 1.65. The van der Waals surface area contributed by atoms with E-state index in [1.165, 1.54) is 11.9 Å². The van der Waals surface area contributed by atoms with Crippen LogP contribution in [0.25, 0.3) is 0 Å². The summed E-state index contributed by atoms with van der Waals surface area (Å²) in [6.07, 6.45) is 3.38. The molecule has 1 aliphatic rings. The molecule has 0 fully saturated rings. The van der Waals surface area contributed by atoms with Gasteiger partial charge in [-0.15, -0.1) is 0 Å². The number of aliphatic imine (C=N–C) groups is 1. The fourth-order valence-corrected chi connectivity index (χ4v) is 0.587. The van der Waals surface area contributed by atoms with Crippen molar-refractivity contribution >= 4 is 24.5 Å². The maximum atomic E-state index is 3.77. The van der Waals surface area contributed by atoms with Crippen molar-refractivity contribution < 1.29 is 0 Å². The lowest BCUT2D eigenvalue weighted by Crippen LogP contribution is -1.82. The van der Waals surface area contributed by atoms with E-state index in [0.717, 1.165) is 5.75 Å². The molecule has 2 nitrogen and oxygen atoms in total. The Kier molecular flexibility index (Phi) is 1.27. The van der Waals surface area contributed by atoms with E-state index in [1.54, 1.807) is 6.34 Å². The fourth-order valence-electron chi connectivity index (χ4n) is 0.227. The van der Waals surface area contributed by atoms with E-state index < -0.39 is 0 Å². The van der Waals surface area contributed by atoms with Gasteiger partial charge in [-0.2, -0.15) is 0 Å². The van der Waals surface area contributed by atoms with Crippen molar-refractivity contribution in [1.82, 2.24) is 0 Å². The molecular formula is C3H4N2S. The summed E-state index contributed by atoms with van der Waals surface area (Å²) in [7, 11) is 0. The van der Waals surface area contributed by atoms with Gasteiger partial charge in [-0.3, -0.25) is 0 Å². The Morgan fingerprint density at radius 1 is 1.67 bits per heavy atom. The lowest BCUT2D eigenvalue weighted by molar-refractivity contribution is 1.69. The average molecular weight is 100 g/mol. The standard InChI is InChI=1S/C3H4N2S/c1-2-6-5-3-4-1/h1,3H,2H2.